The van der Waals surface area contributed by atoms with E-state index in [1.54, 1.807) is 17.1 Å². The van der Waals surface area contributed by atoms with E-state index in [0.717, 1.165) is 23.3 Å². The van der Waals surface area contributed by atoms with Crippen molar-refractivity contribution in [1.82, 2.24) is 15.2 Å². The maximum Gasteiger partial charge on any atom is 0.352 e. The number of carbonyl (C=O) groups excluding carboxylic acids is 2. The Balaban J connectivity index is 1.44. The molecule has 3 aliphatic heterocycles. The van der Waals surface area contributed by atoms with Crippen LogP contribution in [0.15, 0.2) is 22.2 Å². The number of carbonyl (C=O) groups is 3. The van der Waals surface area contributed by atoms with Crippen molar-refractivity contribution in [3.63, 3.8) is 0 Å². The van der Waals surface area contributed by atoms with Gasteiger partial charge in [-0.3, -0.25) is 14.5 Å². The Bertz CT molecular complexity index is 1020. The van der Waals surface area contributed by atoms with E-state index < -0.39 is 40.4 Å². The molecule has 9 nitrogen and oxygen atoms in total. The van der Waals surface area contributed by atoms with Crippen LogP contribution in [0.5, 0.6) is 0 Å². The van der Waals surface area contributed by atoms with Crippen LogP contribution in [0.25, 0.3) is 5.57 Å². The first-order chi connectivity index (χ1) is 15.3. The minimum atomic E-state index is -1.17. The number of carboxylic acids is 1. The third kappa shape index (κ3) is 4.64. The normalized spacial score (nSPS) is 27.9. The fourth-order valence-electron chi connectivity index (χ4n) is 3.63. The number of thiazole rings is 1. The topological polar surface area (TPSA) is 149 Å². The highest BCUT2D eigenvalue weighted by Gasteiger charge is 2.54. The molecule has 172 valence electrons. The molecule has 4 atom stereocenters. The first-order valence-electron chi connectivity index (χ1n) is 9.49. The van der Waals surface area contributed by atoms with Gasteiger partial charge in [0.2, 0.25) is 0 Å². The lowest BCUT2D eigenvalue weighted by Crippen LogP contribution is -2.70. The van der Waals surface area contributed by atoms with Crippen LogP contribution in [0.3, 0.4) is 0 Å². The lowest BCUT2D eigenvalue weighted by atomic mass is 10.0. The molecule has 1 aromatic heterocycles. The smallest absolute Gasteiger partial charge is 0.352 e. The van der Waals surface area contributed by atoms with E-state index in [4.69, 9.17) is 17.3 Å². The van der Waals surface area contributed by atoms with Gasteiger partial charge in [-0.1, -0.05) is 22.8 Å². The minimum Gasteiger partial charge on any atom is -0.616 e. The number of hydrogen-bond acceptors (Lipinski definition) is 9. The van der Waals surface area contributed by atoms with Crippen molar-refractivity contribution >= 4 is 86.1 Å². The summed E-state index contributed by atoms with van der Waals surface area (Å²) < 4.78 is 11.6. The molecule has 0 aliphatic carbocycles. The molecule has 0 unspecified atom stereocenters. The van der Waals surface area contributed by atoms with Gasteiger partial charge in [0.15, 0.2) is 5.13 Å². The number of anilines is 1. The standard InChI is InChI=1S/C18H19ClN4O5S4/c19-3-10(11-6-31-18(20)21-11)14(24)22-12-15(25)23-13(17(26)27)8(5-30-16(12)23)4-29-9-1-2-32(28)7-9/h3,6,9,12,16H,1-2,4-5,7H2,(H2,20,21)(H,22,24)(H,26,27)/b10-3-/t9-,12+,16-,32+/m0/s1. The molecular weight excluding hydrogens is 516 g/mol. The third-order valence-electron chi connectivity index (χ3n) is 5.22. The van der Waals surface area contributed by atoms with Crippen LogP contribution in [0.4, 0.5) is 5.13 Å². The largest absolute Gasteiger partial charge is 0.616 e. The van der Waals surface area contributed by atoms with Crippen molar-refractivity contribution in [3.8, 4) is 0 Å². The summed E-state index contributed by atoms with van der Waals surface area (Å²) in [6, 6.07) is -0.865. The zero-order valence-corrected chi connectivity index (χ0v) is 20.5. The Morgan fingerprint density at radius 1 is 1.53 bits per heavy atom. The van der Waals surface area contributed by atoms with Gasteiger partial charge in [0.25, 0.3) is 11.8 Å². The van der Waals surface area contributed by atoms with E-state index in [0.29, 0.717) is 34.3 Å². The highest BCUT2D eigenvalue weighted by molar-refractivity contribution is 8.02. The summed E-state index contributed by atoms with van der Waals surface area (Å²) in [6.45, 7) is 0. The zero-order chi connectivity index (χ0) is 23.0. The molecule has 32 heavy (non-hydrogen) atoms. The lowest BCUT2D eigenvalue weighted by molar-refractivity contribution is -0.150. The fraction of sp³-hybridized carbons (Fsp3) is 0.444. The minimum absolute atomic E-state index is 0.0174. The van der Waals surface area contributed by atoms with Gasteiger partial charge in [-0.2, -0.15) is 0 Å². The fourth-order valence-corrected chi connectivity index (χ4v) is 9.13. The number of nitrogen functional groups attached to an aromatic ring is 1. The van der Waals surface area contributed by atoms with E-state index in [-0.39, 0.29) is 21.7 Å². The summed E-state index contributed by atoms with van der Waals surface area (Å²) in [5, 5.41) is 14.0. The molecule has 4 rings (SSSR count). The molecule has 0 spiro atoms. The van der Waals surface area contributed by atoms with E-state index in [1.807, 2.05) is 0 Å². The summed E-state index contributed by atoms with van der Waals surface area (Å²) in [6.07, 6.45) is 0.848. The highest BCUT2D eigenvalue weighted by atomic mass is 35.5. The van der Waals surface area contributed by atoms with Crippen LogP contribution in [-0.2, 0) is 25.6 Å². The molecule has 2 amide bonds. The Morgan fingerprint density at radius 3 is 2.91 bits per heavy atom. The second kappa shape index (κ2) is 9.85. The third-order valence-corrected chi connectivity index (χ3v) is 10.5. The van der Waals surface area contributed by atoms with Crippen molar-refractivity contribution in [2.75, 3.05) is 28.7 Å². The predicted octanol–water partition coefficient (Wildman–Crippen LogP) is 1.30. The maximum atomic E-state index is 12.8. The van der Waals surface area contributed by atoms with Gasteiger partial charge in [-0.25, -0.2) is 9.78 Å². The molecule has 2 saturated heterocycles. The average Bonchev–Trinajstić information content (AvgIpc) is 3.38. The molecule has 0 bridgehead atoms. The van der Waals surface area contributed by atoms with Crippen molar-refractivity contribution < 1.29 is 24.0 Å². The summed E-state index contributed by atoms with van der Waals surface area (Å²) in [5.74, 6) is -0.0332. The number of nitrogens with zero attached hydrogens (tertiary/aromatic N) is 2. The number of hydrogen-bond donors (Lipinski definition) is 3. The van der Waals surface area contributed by atoms with Crippen LogP contribution < -0.4 is 11.1 Å². The van der Waals surface area contributed by atoms with Crippen LogP contribution in [-0.4, -0.2) is 77.0 Å². The number of thioether (sulfide) groups is 2. The van der Waals surface area contributed by atoms with E-state index in [9.17, 15) is 24.0 Å². The first kappa shape index (κ1) is 23.8. The van der Waals surface area contributed by atoms with E-state index >= 15 is 0 Å². The van der Waals surface area contributed by atoms with Gasteiger partial charge in [-0.05, 0) is 5.57 Å². The molecule has 14 heteroatoms. The molecule has 2 fully saturated rings. The number of aromatic nitrogens is 1. The zero-order valence-electron chi connectivity index (χ0n) is 16.5. The van der Waals surface area contributed by atoms with Gasteiger partial charge in [0, 0.05) is 28.8 Å². The number of aliphatic carboxylic acids is 1. The van der Waals surface area contributed by atoms with Crippen molar-refractivity contribution in [2.45, 2.75) is 23.1 Å². The van der Waals surface area contributed by atoms with Crippen LogP contribution in [0.2, 0.25) is 0 Å². The van der Waals surface area contributed by atoms with Crippen LogP contribution in [0, 0.1) is 0 Å². The quantitative estimate of drug-likeness (QED) is 0.267. The van der Waals surface area contributed by atoms with Crippen molar-refractivity contribution in [2.24, 2.45) is 0 Å². The SMILES string of the molecule is Nc1nc(/C(=C/Cl)C(=O)N[C@@H]2C(=O)N3C(C(=O)O)=C(CS[C@H]4CC[S@@+]([O-])C4)CS[C@@H]23)cs1. The number of carboxylic acid groups (broad SMARTS) is 1. The monoisotopic (exact) mass is 534 g/mol. The predicted molar refractivity (Wildman–Crippen MR) is 129 cm³/mol. The number of nitrogens with two attached hydrogens (primary N) is 1. The summed E-state index contributed by atoms with van der Waals surface area (Å²) in [7, 11) is 0. The lowest BCUT2D eigenvalue weighted by Gasteiger charge is -2.49. The van der Waals surface area contributed by atoms with Gasteiger partial charge in [-0.15, -0.1) is 34.9 Å². The molecule has 1 aromatic rings. The van der Waals surface area contributed by atoms with E-state index in [2.05, 4.69) is 10.3 Å². The second-order valence-electron chi connectivity index (χ2n) is 7.24. The van der Waals surface area contributed by atoms with E-state index in [1.165, 1.54) is 16.7 Å². The van der Waals surface area contributed by atoms with Gasteiger partial charge in [0.05, 0.1) is 16.5 Å². The molecule has 3 aliphatic rings. The second-order valence-corrected chi connectivity index (χ2v) is 12.4. The summed E-state index contributed by atoms with van der Waals surface area (Å²) in [5.41, 5.74) is 7.71. The Labute approximate surface area is 204 Å². The van der Waals surface area contributed by atoms with Gasteiger partial charge >= 0.3 is 5.97 Å². The summed E-state index contributed by atoms with van der Waals surface area (Å²) >= 11 is 9.15. The Morgan fingerprint density at radius 2 is 2.31 bits per heavy atom. The molecule has 0 aromatic carbocycles. The molecule has 4 N–H and O–H groups in total. The molecule has 0 radical (unpaired) electrons. The summed E-state index contributed by atoms with van der Waals surface area (Å²) in [4.78, 5) is 42.7. The molecule has 4 heterocycles. The number of fused-ring (bicyclic) bond motifs is 1. The average molecular weight is 535 g/mol. The number of nitrogens with one attached hydrogen (secondary N) is 1. The van der Waals surface area contributed by atoms with Crippen molar-refractivity contribution in [3.05, 3.63) is 27.9 Å². The van der Waals surface area contributed by atoms with Gasteiger partial charge < -0.3 is 20.7 Å². The number of β-lactam (4-membered cyclic amide) rings is 1. The first-order valence-corrected chi connectivity index (χ1v) is 14.4. The number of rotatable bonds is 7. The molecule has 0 saturated carbocycles. The number of amides is 2. The van der Waals surface area contributed by atoms with Crippen molar-refractivity contribution in [1.29, 1.82) is 0 Å². The Kier molecular flexibility index (Phi) is 7.32. The van der Waals surface area contributed by atoms with Crippen LogP contribution in [0.1, 0.15) is 12.1 Å². The number of halogens is 1. The Hall–Kier alpha value is -1.38. The molecular formula is C18H19ClN4O5S4. The maximum absolute atomic E-state index is 12.8. The highest BCUT2D eigenvalue weighted by Crippen LogP contribution is 2.42. The van der Waals surface area contributed by atoms with Crippen LogP contribution >= 0.6 is 46.5 Å². The van der Waals surface area contributed by atoms with Gasteiger partial charge in [0.1, 0.15) is 28.6 Å².